The van der Waals surface area contributed by atoms with Gasteiger partial charge in [-0.2, -0.15) is 0 Å². The van der Waals surface area contributed by atoms with Crippen LogP contribution >= 0.6 is 11.6 Å². The van der Waals surface area contributed by atoms with Crippen molar-refractivity contribution in [2.45, 2.75) is 24.4 Å². The molecule has 0 unspecified atom stereocenters. The van der Waals surface area contributed by atoms with Crippen LogP contribution in [0.15, 0.2) is 83.8 Å². The van der Waals surface area contributed by atoms with Crippen LogP contribution in [0.2, 0.25) is 5.02 Å². The Balaban J connectivity index is 2.03. The zero-order valence-electron chi connectivity index (χ0n) is 20.2. The maximum absolute atomic E-state index is 13.7. The summed E-state index contributed by atoms with van der Waals surface area (Å²) in [5, 5.41) is 2.98. The van der Waals surface area contributed by atoms with Gasteiger partial charge in [0.1, 0.15) is 18.3 Å². The average molecular weight is 530 g/mol. The van der Waals surface area contributed by atoms with E-state index in [1.807, 2.05) is 0 Å². The number of hydrogen-bond donors (Lipinski definition) is 1. The Bertz CT molecular complexity index is 1300. The number of carbonyl (C=O) groups is 2. The molecule has 0 spiro atoms. The Labute approximate surface area is 216 Å². The first-order chi connectivity index (χ1) is 17.2. The van der Waals surface area contributed by atoms with E-state index >= 15 is 0 Å². The second kappa shape index (κ2) is 11.9. The van der Waals surface area contributed by atoms with Gasteiger partial charge in [0, 0.05) is 18.6 Å². The molecular formula is C26H28ClN3O5S. The number of methoxy groups -OCH3 is 1. The first-order valence-electron chi connectivity index (χ1n) is 11.2. The Kier molecular flexibility index (Phi) is 8.95. The van der Waals surface area contributed by atoms with E-state index in [1.54, 1.807) is 73.7 Å². The standard InChI is InChI=1S/C26H28ClN3O5S/c1-19(26(32)28-2)29(17-20-9-7-8-12-24(20)27)25(31)18-30(21-13-15-22(35-3)16-14-21)36(33,34)23-10-5-4-6-11-23/h4-16,19H,17-18H2,1-3H3,(H,28,32)/t19-/m0/s1. The lowest BCUT2D eigenvalue weighted by atomic mass is 10.1. The van der Waals surface area contributed by atoms with E-state index in [9.17, 15) is 18.0 Å². The maximum atomic E-state index is 13.7. The van der Waals surface area contributed by atoms with Crippen molar-refractivity contribution in [2.75, 3.05) is 25.0 Å². The summed E-state index contributed by atoms with van der Waals surface area (Å²) in [6.45, 7) is 1.07. The molecule has 1 atom stereocenters. The number of carbonyl (C=O) groups excluding carboxylic acids is 2. The lowest BCUT2D eigenvalue weighted by Crippen LogP contribution is -2.50. The highest BCUT2D eigenvalue weighted by atomic mass is 35.5. The van der Waals surface area contributed by atoms with E-state index in [0.29, 0.717) is 16.3 Å². The van der Waals surface area contributed by atoms with Crippen molar-refractivity contribution in [1.29, 1.82) is 0 Å². The molecule has 3 aromatic carbocycles. The van der Waals surface area contributed by atoms with E-state index in [4.69, 9.17) is 16.3 Å². The number of hydrogen-bond acceptors (Lipinski definition) is 5. The highest BCUT2D eigenvalue weighted by molar-refractivity contribution is 7.92. The van der Waals surface area contributed by atoms with Gasteiger partial charge in [0.25, 0.3) is 10.0 Å². The highest BCUT2D eigenvalue weighted by Crippen LogP contribution is 2.27. The van der Waals surface area contributed by atoms with Crippen molar-refractivity contribution in [3.8, 4) is 5.75 Å². The second-order valence-electron chi connectivity index (χ2n) is 7.93. The minimum atomic E-state index is -4.12. The third-order valence-corrected chi connectivity index (χ3v) is 7.84. The predicted molar refractivity (Wildman–Crippen MR) is 139 cm³/mol. The topological polar surface area (TPSA) is 96.0 Å². The summed E-state index contributed by atoms with van der Waals surface area (Å²) in [7, 11) is -1.14. The fraction of sp³-hybridized carbons (Fsp3) is 0.231. The number of rotatable bonds is 10. The molecule has 3 rings (SSSR count). The first kappa shape index (κ1) is 27.0. The van der Waals surface area contributed by atoms with Crippen LogP contribution in [-0.2, 0) is 26.2 Å². The molecule has 190 valence electrons. The molecule has 0 aliphatic rings. The van der Waals surface area contributed by atoms with Gasteiger partial charge in [-0.3, -0.25) is 13.9 Å². The minimum absolute atomic E-state index is 0.0227. The molecule has 0 aromatic heterocycles. The quantitative estimate of drug-likeness (QED) is 0.432. The molecule has 3 aromatic rings. The monoisotopic (exact) mass is 529 g/mol. The number of likely N-dealkylation sites (N-methyl/N-ethyl adjacent to an activating group) is 1. The molecule has 2 amide bonds. The van der Waals surface area contributed by atoms with Crippen LogP contribution in [0, 0.1) is 0 Å². The van der Waals surface area contributed by atoms with Crippen LogP contribution in [0.1, 0.15) is 12.5 Å². The summed E-state index contributed by atoms with van der Waals surface area (Å²) in [5.74, 6) is -0.422. The van der Waals surface area contributed by atoms with Crippen LogP contribution < -0.4 is 14.4 Å². The summed E-state index contributed by atoms with van der Waals surface area (Å²) in [4.78, 5) is 27.5. The van der Waals surface area contributed by atoms with Crippen molar-refractivity contribution >= 4 is 39.1 Å². The Hall–Kier alpha value is -3.56. The highest BCUT2D eigenvalue weighted by Gasteiger charge is 2.32. The number of amides is 2. The molecule has 0 aliphatic carbocycles. The number of sulfonamides is 1. The summed E-state index contributed by atoms with van der Waals surface area (Å²) in [5.41, 5.74) is 0.906. The van der Waals surface area contributed by atoms with Crippen molar-refractivity contribution in [1.82, 2.24) is 10.2 Å². The number of anilines is 1. The molecule has 0 radical (unpaired) electrons. The van der Waals surface area contributed by atoms with E-state index in [1.165, 1.54) is 31.2 Å². The van der Waals surface area contributed by atoms with Crippen molar-refractivity contribution in [3.05, 3.63) is 89.4 Å². The number of ether oxygens (including phenoxy) is 1. The lowest BCUT2D eigenvalue weighted by molar-refractivity contribution is -0.139. The largest absolute Gasteiger partial charge is 0.497 e. The molecule has 0 saturated heterocycles. The van der Waals surface area contributed by atoms with Crippen LogP contribution in [-0.4, -0.2) is 51.9 Å². The van der Waals surface area contributed by atoms with Crippen molar-refractivity contribution in [2.24, 2.45) is 0 Å². The molecule has 0 saturated carbocycles. The molecule has 36 heavy (non-hydrogen) atoms. The molecule has 1 N–H and O–H groups in total. The van der Waals surface area contributed by atoms with Crippen LogP contribution in [0.3, 0.4) is 0 Å². The molecule has 0 fully saturated rings. The number of benzene rings is 3. The first-order valence-corrected chi connectivity index (χ1v) is 13.0. The maximum Gasteiger partial charge on any atom is 0.264 e. The van der Waals surface area contributed by atoms with Gasteiger partial charge in [0.15, 0.2) is 0 Å². The predicted octanol–water partition coefficient (Wildman–Crippen LogP) is 3.71. The molecule has 10 heteroatoms. The molecule has 0 heterocycles. The summed E-state index contributed by atoms with van der Waals surface area (Å²) < 4.78 is 33.5. The zero-order chi connectivity index (χ0) is 26.3. The number of nitrogens with one attached hydrogen (secondary N) is 1. The average Bonchev–Trinajstić information content (AvgIpc) is 2.90. The smallest absolute Gasteiger partial charge is 0.264 e. The van der Waals surface area contributed by atoms with Gasteiger partial charge < -0.3 is 15.0 Å². The van der Waals surface area contributed by atoms with Gasteiger partial charge in [-0.05, 0) is 55.0 Å². The Morgan fingerprint density at radius 3 is 2.17 bits per heavy atom. The van der Waals surface area contributed by atoms with Gasteiger partial charge >= 0.3 is 0 Å². The van der Waals surface area contributed by atoms with E-state index in [0.717, 1.165) is 4.31 Å². The number of nitrogens with zero attached hydrogens (tertiary/aromatic N) is 2. The molecule has 0 bridgehead atoms. The van der Waals surface area contributed by atoms with Crippen LogP contribution in [0.5, 0.6) is 5.75 Å². The third-order valence-electron chi connectivity index (χ3n) is 5.68. The summed E-state index contributed by atoms with van der Waals surface area (Å²) in [6.07, 6.45) is 0. The Morgan fingerprint density at radius 1 is 0.972 bits per heavy atom. The normalized spacial score (nSPS) is 11.9. The van der Waals surface area contributed by atoms with Crippen LogP contribution in [0.4, 0.5) is 5.69 Å². The fourth-order valence-corrected chi connectivity index (χ4v) is 5.23. The summed E-state index contributed by atoms with van der Waals surface area (Å²) >= 11 is 6.32. The van der Waals surface area contributed by atoms with Crippen molar-refractivity contribution in [3.63, 3.8) is 0 Å². The van der Waals surface area contributed by atoms with E-state index in [-0.39, 0.29) is 17.1 Å². The van der Waals surface area contributed by atoms with Gasteiger partial charge in [0.2, 0.25) is 11.8 Å². The SMILES string of the molecule is CNC(=O)[C@H](C)N(Cc1ccccc1Cl)C(=O)CN(c1ccc(OC)cc1)S(=O)(=O)c1ccccc1. The molecular weight excluding hydrogens is 502 g/mol. The van der Waals surface area contributed by atoms with Gasteiger partial charge in [-0.15, -0.1) is 0 Å². The van der Waals surface area contributed by atoms with Gasteiger partial charge in [-0.1, -0.05) is 48.0 Å². The zero-order valence-corrected chi connectivity index (χ0v) is 21.8. The van der Waals surface area contributed by atoms with Gasteiger partial charge in [0.05, 0.1) is 17.7 Å². The van der Waals surface area contributed by atoms with E-state index < -0.39 is 34.4 Å². The second-order valence-corrected chi connectivity index (χ2v) is 10.2. The molecule has 0 aliphatic heterocycles. The third kappa shape index (κ3) is 6.16. The minimum Gasteiger partial charge on any atom is -0.497 e. The van der Waals surface area contributed by atoms with Crippen molar-refractivity contribution < 1.29 is 22.7 Å². The van der Waals surface area contributed by atoms with Crippen LogP contribution in [0.25, 0.3) is 0 Å². The molecule has 8 nitrogen and oxygen atoms in total. The lowest BCUT2D eigenvalue weighted by Gasteiger charge is -2.32. The Morgan fingerprint density at radius 2 is 1.58 bits per heavy atom. The van der Waals surface area contributed by atoms with E-state index in [2.05, 4.69) is 5.32 Å². The fourth-order valence-electron chi connectivity index (χ4n) is 3.60. The van der Waals surface area contributed by atoms with Gasteiger partial charge in [-0.25, -0.2) is 8.42 Å². The summed E-state index contributed by atoms with van der Waals surface area (Å²) in [6, 6.07) is 20.3. The number of halogens is 1.